The Balaban J connectivity index is 2.19. The van der Waals surface area contributed by atoms with Crippen molar-refractivity contribution >= 4 is 20.5 Å². The molecule has 0 bridgehead atoms. The molecule has 1 radical (unpaired) electrons. The maximum atomic E-state index is 13.9. The maximum Gasteiger partial charge on any atom is 0.252 e. The molecule has 0 amide bonds. The molecule has 0 aliphatic heterocycles. The summed E-state index contributed by atoms with van der Waals surface area (Å²) in [6, 6.07) is 17.0. The SMILES string of the molecule is CCCCCc1c(C=O)nc(C(C)C)c(CO[Si](c2ccccc2)C(C)(C)C)c1-c1ccc(F)cc1. The fourth-order valence-corrected chi connectivity index (χ4v) is 6.91. The van der Waals surface area contributed by atoms with E-state index >= 15 is 0 Å². The molecule has 0 saturated heterocycles. The molecule has 0 atom stereocenters. The number of rotatable bonds is 11. The van der Waals surface area contributed by atoms with Crippen LogP contribution in [0, 0.1) is 5.82 Å². The summed E-state index contributed by atoms with van der Waals surface area (Å²) in [6.45, 7) is 13.4. The Morgan fingerprint density at radius 2 is 1.67 bits per heavy atom. The van der Waals surface area contributed by atoms with Crippen LogP contribution in [0.1, 0.15) is 94.0 Å². The lowest BCUT2D eigenvalue weighted by Crippen LogP contribution is -2.41. The Labute approximate surface area is 217 Å². The van der Waals surface area contributed by atoms with Gasteiger partial charge in [0.05, 0.1) is 6.61 Å². The molecule has 0 unspecified atom stereocenters. The van der Waals surface area contributed by atoms with Crippen LogP contribution in [0.4, 0.5) is 4.39 Å². The van der Waals surface area contributed by atoms with E-state index in [1.165, 1.54) is 17.3 Å². The first kappa shape index (κ1) is 27.9. The zero-order valence-electron chi connectivity index (χ0n) is 22.5. The van der Waals surface area contributed by atoms with Gasteiger partial charge in [0, 0.05) is 11.3 Å². The van der Waals surface area contributed by atoms with Gasteiger partial charge in [0.2, 0.25) is 0 Å². The number of benzene rings is 2. The van der Waals surface area contributed by atoms with Crippen molar-refractivity contribution in [2.75, 3.05) is 0 Å². The quantitative estimate of drug-likeness (QED) is 0.152. The first-order valence-electron chi connectivity index (χ1n) is 13.0. The summed E-state index contributed by atoms with van der Waals surface area (Å²) in [6.07, 6.45) is 4.76. The second kappa shape index (κ2) is 12.6. The molecule has 191 valence electrons. The van der Waals surface area contributed by atoms with Crippen LogP contribution >= 0.6 is 0 Å². The number of nitrogens with zero attached hydrogens (tertiary/aromatic N) is 1. The van der Waals surface area contributed by atoms with Crippen molar-refractivity contribution in [3.05, 3.63) is 82.9 Å². The van der Waals surface area contributed by atoms with Gasteiger partial charge in [-0.1, -0.05) is 96.8 Å². The van der Waals surface area contributed by atoms with Gasteiger partial charge >= 0.3 is 0 Å². The third-order valence-electron chi connectivity index (χ3n) is 6.36. The van der Waals surface area contributed by atoms with Gasteiger partial charge in [-0.15, -0.1) is 0 Å². The predicted octanol–water partition coefficient (Wildman–Crippen LogP) is 7.77. The molecule has 0 saturated carbocycles. The molecule has 0 N–H and O–H groups in total. The number of halogens is 1. The normalized spacial score (nSPS) is 11.9. The van der Waals surface area contributed by atoms with E-state index in [4.69, 9.17) is 9.41 Å². The topological polar surface area (TPSA) is 39.2 Å². The highest BCUT2D eigenvalue weighted by atomic mass is 28.3. The number of carbonyl (C=O) groups excluding carboxylic acids is 1. The van der Waals surface area contributed by atoms with Crippen LogP contribution in [0.3, 0.4) is 0 Å². The number of unbranched alkanes of at least 4 members (excludes halogenated alkanes) is 2. The molecule has 5 heteroatoms. The summed E-state index contributed by atoms with van der Waals surface area (Å²) in [4.78, 5) is 17.1. The fraction of sp³-hybridized carbons (Fsp3) is 0.419. The van der Waals surface area contributed by atoms with Gasteiger partial charge < -0.3 is 4.43 Å². The number of pyridine rings is 1. The van der Waals surface area contributed by atoms with Crippen molar-refractivity contribution in [3.8, 4) is 11.1 Å². The van der Waals surface area contributed by atoms with Crippen LogP contribution in [-0.2, 0) is 17.5 Å². The van der Waals surface area contributed by atoms with Gasteiger partial charge in [0.15, 0.2) is 6.29 Å². The number of hydrogen-bond donors (Lipinski definition) is 0. The van der Waals surface area contributed by atoms with Crippen molar-refractivity contribution in [1.29, 1.82) is 0 Å². The highest BCUT2D eigenvalue weighted by Gasteiger charge is 2.32. The summed E-state index contributed by atoms with van der Waals surface area (Å²) in [5.74, 6) is -0.173. The number of aldehydes is 1. The molecule has 0 aliphatic carbocycles. The molecule has 36 heavy (non-hydrogen) atoms. The first-order chi connectivity index (χ1) is 17.2. The third kappa shape index (κ3) is 6.77. The molecule has 0 fully saturated rings. The average Bonchev–Trinajstić information content (AvgIpc) is 2.84. The molecule has 3 rings (SSSR count). The molecule has 3 aromatic rings. The van der Waals surface area contributed by atoms with E-state index in [0.29, 0.717) is 12.3 Å². The van der Waals surface area contributed by atoms with Crippen LogP contribution in [0.2, 0.25) is 5.04 Å². The van der Waals surface area contributed by atoms with Gasteiger partial charge in [-0.3, -0.25) is 4.79 Å². The zero-order chi connectivity index (χ0) is 26.3. The molecule has 0 spiro atoms. The number of carbonyl (C=O) groups is 1. The summed E-state index contributed by atoms with van der Waals surface area (Å²) >= 11 is 0. The van der Waals surface area contributed by atoms with Crippen molar-refractivity contribution in [1.82, 2.24) is 4.98 Å². The van der Waals surface area contributed by atoms with Gasteiger partial charge in [-0.05, 0) is 57.8 Å². The lowest BCUT2D eigenvalue weighted by atomic mass is 9.87. The Morgan fingerprint density at radius 1 is 1.00 bits per heavy atom. The standard InChI is InChI=1S/C31H39FNO2Si/c1-7-8-10-15-26-28(20-34)33-30(22(2)3)27(29(26)23-16-18-24(32)19-17-23)21-35-36(31(4,5)6)25-13-11-9-12-14-25/h9,11-14,16-20,22H,7-8,10,15,21H2,1-6H3. The van der Waals surface area contributed by atoms with Gasteiger partial charge in [0.1, 0.15) is 11.5 Å². The maximum absolute atomic E-state index is 13.9. The molecule has 3 nitrogen and oxygen atoms in total. The predicted molar refractivity (Wildman–Crippen MR) is 149 cm³/mol. The minimum atomic E-state index is -1.39. The van der Waals surface area contributed by atoms with E-state index in [0.717, 1.165) is 59.9 Å². The van der Waals surface area contributed by atoms with Crippen molar-refractivity contribution in [2.45, 2.75) is 84.8 Å². The van der Waals surface area contributed by atoms with Gasteiger partial charge in [0.25, 0.3) is 9.04 Å². The lowest BCUT2D eigenvalue weighted by molar-refractivity contribution is 0.111. The zero-order valence-corrected chi connectivity index (χ0v) is 23.5. The van der Waals surface area contributed by atoms with Crippen LogP contribution < -0.4 is 5.19 Å². The molecule has 0 aliphatic rings. The minimum absolute atomic E-state index is 0.0276. The summed E-state index contributed by atoms with van der Waals surface area (Å²) in [5, 5.41) is 1.20. The van der Waals surface area contributed by atoms with E-state index < -0.39 is 9.04 Å². The second-order valence-corrected chi connectivity index (χ2v) is 13.7. The Kier molecular flexibility index (Phi) is 9.74. The van der Waals surface area contributed by atoms with Gasteiger partial charge in [-0.25, -0.2) is 9.37 Å². The molecular weight excluding hydrogens is 465 g/mol. The third-order valence-corrected chi connectivity index (χ3v) is 9.02. The van der Waals surface area contributed by atoms with Gasteiger partial charge in [-0.2, -0.15) is 0 Å². The molecular formula is C31H39FNO2Si. The molecule has 2 aromatic carbocycles. The first-order valence-corrected chi connectivity index (χ1v) is 14.4. The van der Waals surface area contributed by atoms with E-state index in [1.807, 2.05) is 18.2 Å². The van der Waals surface area contributed by atoms with E-state index in [2.05, 4.69) is 65.8 Å². The highest BCUT2D eigenvalue weighted by molar-refractivity contribution is 6.70. The lowest BCUT2D eigenvalue weighted by Gasteiger charge is -2.30. The summed E-state index contributed by atoms with van der Waals surface area (Å²) in [7, 11) is -1.39. The smallest absolute Gasteiger partial charge is 0.252 e. The largest absolute Gasteiger partial charge is 0.407 e. The fourth-order valence-electron chi connectivity index (χ4n) is 4.66. The van der Waals surface area contributed by atoms with Crippen LogP contribution in [0.5, 0.6) is 0 Å². The minimum Gasteiger partial charge on any atom is -0.407 e. The molecule has 1 heterocycles. The van der Waals surface area contributed by atoms with E-state index in [-0.39, 0.29) is 16.8 Å². The summed E-state index contributed by atoms with van der Waals surface area (Å²) in [5.41, 5.74) is 5.20. The van der Waals surface area contributed by atoms with Crippen LogP contribution in [-0.4, -0.2) is 20.3 Å². The van der Waals surface area contributed by atoms with Crippen molar-refractivity contribution in [2.24, 2.45) is 0 Å². The number of hydrogen-bond acceptors (Lipinski definition) is 3. The van der Waals surface area contributed by atoms with E-state index in [9.17, 15) is 9.18 Å². The monoisotopic (exact) mass is 504 g/mol. The Morgan fingerprint density at radius 3 is 2.22 bits per heavy atom. The van der Waals surface area contributed by atoms with Crippen LogP contribution in [0.15, 0.2) is 54.6 Å². The van der Waals surface area contributed by atoms with Crippen molar-refractivity contribution in [3.63, 3.8) is 0 Å². The van der Waals surface area contributed by atoms with E-state index in [1.54, 1.807) is 0 Å². The Bertz CT molecular complexity index is 1140. The number of aromatic nitrogens is 1. The Hall–Kier alpha value is -2.63. The highest BCUT2D eigenvalue weighted by Crippen LogP contribution is 2.37. The average molecular weight is 505 g/mol. The van der Waals surface area contributed by atoms with Crippen molar-refractivity contribution < 1.29 is 13.6 Å². The molecule has 1 aromatic heterocycles. The van der Waals surface area contributed by atoms with Crippen LogP contribution in [0.25, 0.3) is 11.1 Å². The summed E-state index contributed by atoms with van der Waals surface area (Å²) < 4.78 is 20.7. The second-order valence-electron chi connectivity index (χ2n) is 10.7.